The number of fused-ring (bicyclic) bond motifs is 3. The van der Waals surface area contributed by atoms with Crippen molar-refractivity contribution >= 4 is 5.71 Å². The van der Waals surface area contributed by atoms with Gasteiger partial charge in [-0.05, 0) is 30.7 Å². The summed E-state index contributed by atoms with van der Waals surface area (Å²) in [6.45, 7) is 2.65. The minimum absolute atomic E-state index is 0.129. The zero-order valence-electron chi connectivity index (χ0n) is 15.8. The Morgan fingerprint density at radius 1 is 1.00 bits per heavy atom. The Balaban J connectivity index is 1.59. The van der Waals surface area contributed by atoms with Gasteiger partial charge in [0.1, 0.15) is 11.5 Å². The number of hydrazone groups is 1. The van der Waals surface area contributed by atoms with Crippen molar-refractivity contribution in [2.45, 2.75) is 25.6 Å². The highest BCUT2D eigenvalue weighted by Crippen LogP contribution is 2.48. The highest BCUT2D eigenvalue weighted by atomic mass is 16.5. The molecule has 2 aliphatic heterocycles. The molecule has 2 aliphatic rings. The third kappa shape index (κ3) is 2.91. The van der Waals surface area contributed by atoms with Gasteiger partial charge in [-0.3, -0.25) is 0 Å². The van der Waals surface area contributed by atoms with Crippen molar-refractivity contribution in [3.05, 3.63) is 95.6 Å². The van der Waals surface area contributed by atoms with E-state index in [0.717, 1.165) is 40.3 Å². The van der Waals surface area contributed by atoms with Gasteiger partial charge in [0.05, 0.1) is 18.4 Å². The summed E-state index contributed by atoms with van der Waals surface area (Å²) in [5.41, 5.74) is 4.48. The van der Waals surface area contributed by atoms with Crippen LogP contribution >= 0.6 is 0 Å². The summed E-state index contributed by atoms with van der Waals surface area (Å²) >= 11 is 0. The second-order valence-electron chi connectivity index (χ2n) is 7.03. The van der Waals surface area contributed by atoms with Crippen LogP contribution in [0.15, 0.2) is 84.0 Å². The first kappa shape index (κ1) is 16.9. The van der Waals surface area contributed by atoms with Gasteiger partial charge >= 0.3 is 0 Å². The summed E-state index contributed by atoms with van der Waals surface area (Å²) in [7, 11) is 0. The molecule has 0 fully saturated rings. The lowest BCUT2D eigenvalue weighted by atomic mass is 9.95. The van der Waals surface area contributed by atoms with E-state index in [0.29, 0.717) is 6.61 Å². The molecule has 0 aromatic heterocycles. The van der Waals surface area contributed by atoms with Crippen LogP contribution in [0.25, 0.3) is 0 Å². The molecule has 5 rings (SSSR count). The van der Waals surface area contributed by atoms with E-state index >= 15 is 0 Å². The SMILES string of the molecule is CCOc1ccc2c(c1)[C@@H]1CC(c3ccccc3)=NN1[C@@H](c1ccccc1)O2. The van der Waals surface area contributed by atoms with Crippen LogP contribution in [-0.4, -0.2) is 17.3 Å². The molecule has 4 nitrogen and oxygen atoms in total. The van der Waals surface area contributed by atoms with Crippen molar-refractivity contribution in [2.75, 3.05) is 6.61 Å². The van der Waals surface area contributed by atoms with E-state index in [4.69, 9.17) is 14.6 Å². The summed E-state index contributed by atoms with van der Waals surface area (Å²) in [6.07, 6.45) is 0.608. The fourth-order valence-electron chi connectivity index (χ4n) is 3.96. The van der Waals surface area contributed by atoms with Crippen LogP contribution in [0, 0.1) is 0 Å². The fourth-order valence-corrected chi connectivity index (χ4v) is 3.96. The Bertz CT molecular complexity index is 1000. The maximum atomic E-state index is 6.41. The van der Waals surface area contributed by atoms with Gasteiger partial charge in [0.15, 0.2) is 0 Å². The molecule has 28 heavy (non-hydrogen) atoms. The fraction of sp³-hybridized carbons (Fsp3) is 0.208. The Hall–Kier alpha value is -3.27. The highest BCUT2D eigenvalue weighted by molar-refractivity contribution is 6.01. The number of nitrogens with zero attached hydrogens (tertiary/aromatic N) is 2. The number of hydrogen-bond donors (Lipinski definition) is 0. The number of ether oxygens (including phenoxy) is 2. The smallest absolute Gasteiger partial charge is 0.213 e. The molecule has 0 bridgehead atoms. The molecular formula is C24H22N2O2. The van der Waals surface area contributed by atoms with Gasteiger partial charge in [-0.1, -0.05) is 60.7 Å². The van der Waals surface area contributed by atoms with E-state index in [2.05, 4.69) is 47.5 Å². The molecule has 0 aliphatic carbocycles. The Labute approximate surface area is 165 Å². The van der Waals surface area contributed by atoms with Gasteiger partial charge in [-0.25, -0.2) is 5.01 Å². The van der Waals surface area contributed by atoms with Crippen molar-refractivity contribution in [1.82, 2.24) is 5.01 Å². The average Bonchev–Trinajstić information content (AvgIpc) is 3.21. The molecule has 0 saturated heterocycles. The lowest BCUT2D eigenvalue weighted by molar-refractivity contribution is -0.0191. The largest absolute Gasteiger partial charge is 0.494 e. The normalized spacial score (nSPS) is 20.0. The van der Waals surface area contributed by atoms with Crippen LogP contribution in [0.1, 0.15) is 42.3 Å². The zero-order chi connectivity index (χ0) is 18.9. The minimum Gasteiger partial charge on any atom is -0.494 e. The van der Waals surface area contributed by atoms with Crippen molar-refractivity contribution in [3.63, 3.8) is 0 Å². The summed E-state index contributed by atoms with van der Waals surface area (Å²) in [4.78, 5) is 0. The molecule has 140 valence electrons. The first-order valence-corrected chi connectivity index (χ1v) is 9.73. The quantitative estimate of drug-likeness (QED) is 0.623. The average molecular weight is 370 g/mol. The Morgan fingerprint density at radius 2 is 1.75 bits per heavy atom. The molecule has 2 heterocycles. The number of benzene rings is 3. The second kappa shape index (κ2) is 7.04. The van der Waals surface area contributed by atoms with Crippen LogP contribution in [0.5, 0.6) is 11.5 Å². The summed E-state index contributed by atoms with van der Waals surface area (Å²) in [5.74, 6) is 1.78. The monoisotopic (exact) mass is 370 g/mol. The lowest BCUT2D eigenvalue weighted by Gasteiger charge is -2.38. The van der Waals surface area contributed by atoms with Gasteiger partial charge < -0.3 is 9.47 Å². The Kier molecular flexibility index (Phi) is 4.24. The van der Waals surface area contributed by atoms with Gasteiger partial charge in [-0.2, -0.15) is 5.10 Å². The predicted molar refractivity (Wildman–Crippen MR) is 110 cm³/mol. The summed E-state index contributed by atoms with van der Waals surface area (Å²) in [5, 5.41) is 7.10. The standard InChI is InChI=1S/C24H22N2O2/c1-2-27-19-13-14-23-20(15-19)22-16-21(17-9-5-3-6-10-17)25-26(22)24(28-23)18-11-7-4-8-12-18/h3-15,22,24H,2,16H2,1H3/t22-,24+/m0/s1. The molecule has 4 heteroatoms. The summed E-state index contributed by atoms with van der Waals surface area (Å²) in [6, 6.07) is 26.9. The van der Waals surface area contributed by atoms with Gasteiger partial charge in [-0.15, -0.1) is 0 Å². The third-order valence-corrected chi connectivity index (χ3v) is 5.26. The lowest BCUT2D eigenvalue weighted by Crippen LogP contribution is -2.33. The van der Waals surface area contributed by atoms with Crippen molar-refractivity contribution in [3.8, 4) is 11.5 Å². The van der Waals surface area contributed by atoms with E-state index in [1.54, 1.807) is 0 Å². The first-order valence-electron chi connectivity index (χ1n) is 9.73. The van der Waals surface area contributed by atoms with Crippen LogP contribution in [0.3, 0.4) is 0 Å². The number of rotatable bonds is 4. The minimum atomic E-state index is -0.238. The van der Waals surface area contributed by atoms with E-state index < -0.39 is 0 Å². The van der Waals surface area contributed by atoms with Crippen molar-refractivity contribution in [1.29, 1.82) is 0 Å². The van der Waals surface area contributed by atoms with Gasteiger partial charge in [0.2, 0.25) is 6.23 Å². The predicted octanol–water partition coefficient (Wildman–Crippen LogP) is 5.33. The molecule has 0 unspecified atom stereocenters. The topological polar surface area (TPSA) is 34.1 Å². The third-order valence-electron chi connectivity index (χ3n) is 5.26. The second-order valence-corrected chi connectivity index (χ2v) is 7.03. The molecule has 2 atom stereocenters. The van der Waals surface area contributed by atoms with Crippen LogP contribution in [0.2, 0.25) is 0 Å². The molecule has 0 N–H and O–H groups in total. The maximum absolute atomic E-state index is 6.41. The molecule has 0 radical (unpaired) electrons. The maximum Gasteiger partial charge on any atom is 0.213 e. The van der Waals surface area contributed by atoms with Gasteiger partial charge in [0, 0.05) is 17.5 Å². The molecule has 0 amide bonds. The van der Waals surface area contributed by atoms with E-state index in [1.807, 2.05) is 43.3 Å². The number of hydrogen-bond acceptors (Lipinski definition) is 4. The Morgan fingerprint density at radius 3 is 2.50 bits per heavy atom. The zero-order valence-corrected chi connectivity index (χ0v) is 15.8. The van der Waals surface area contributed by atoms with E-state index in [9.17, 15) is 0 Å². The molecule has 0 saturated carbocycles. The van der Waals surface area contributed by atoms with Crippen LogP contribution < -0.4 is 9.47 Å². The molecule has 3 aromatic carbocycles. The van der Waals surface area contributed by atoms with Crippen molar-refractivity contribution in [2.24, 2.45) is 5.10 Å². The summed E-state index contributed by atoms with van der Waals surface area (Å²) < 4.78 is 12.1. The van der Waals surface area contributed by atoms with E-state index in [-0.39, 0.29) is 12.3 Å². The van der Waals surface area contributed by atoms with Crippen molar-refractivity contribution < 1.29 is 9.47 Å². The molecular weight excluding hydrogens is 348 g/mol. The molecule has 3 aromatic rings. The van der Waals surface area contributed by atoms with E-state index in [1.165, 1.54) is 0 Å². The van der Waals surface area contributed by atoms with Gasteiger partial charge in [0.25, 0.3) is 0 Å². The highest BCUT2D eigenvalue weighted by Gasteiger charge is 2.41. The van der Waals surface area contributed by atoms with Crippen LogP contribution in [0.4, 0.5) is 0 Å². The molecule has 0 spiro atoms. The van der Waals surface area contributed by atoms with Crippen LogP contribution in [-0.2, 0) is 0 Å². The first-order chi connectivity index (χ1) is 13.8.